The van der Waals surface area contributed by atoms with Crippen LogP contribution in [0.2, 0.25) is 0 Å². The van der Waals surface area contributed by atoms with Crippen LogP contribution in [0.4, 0.5) is 0 Å². The minimum atomic E-state index is -1.17. The molecule has 1 saturated carbocycles. The molecule has 1 fully saturated rings. The van der Waals surface area contributed by atoms with Crippen molar-refractivity contribution in [2.45, 2.75) is 32.1 Å². The van der Waals surface area contributed by atoms with Crippen molar-refractivity contribution in [1.82, 2.24) is 0 Å². The van der Waals surface area contributed by atoms with Crippen LogP contribution in [-0.2, 0) is 9.59 Å². The zero-order chi connectivity index (χ0) is 14.5. The highest BCUT2D eigenvalue weighted by Crippen LogP contribution is 2.34. The van der Waals surface area contributed by atoms with Gasteiger partial charge >= 0.3 is 11.9 Å². The third kappa shape index (κ3) is 3.07. The molecule has 0 aromatic heterocycles. The Morgan fingerprint density at radius 3 is 2.00 bits per heavy atom. The topological polar surface area (TPSA) is 74.6 Å². The van der Waals surface area contributed by atoms with Crippen LogP contribution in [0.15, 0.2) is 35.9 Å². The molecule has 0 bridgehead atoms. The van der Waals surface area contributed by atoms with Gasteiger partial charge in [-0.05, 0) is 24.3 Å². The molecule has 1 aromatic carbocycles. The number of rotatable bonds is 4. The average Bonchev–Trinajstić information content (AvgIpc) is 2.45. The third-order valence-corrected chi connectivity index (χ3v) is 3.79. The molecule has 0 heterocycles. The number of carbonyl (C=O) groups is 2. The number of carboxylic acids is 2. The molecule has 0 saturated heterocycles. The van der Waals surface area contributed by atoms with Gasteiger partial charge in [-0.3, -0.25) is 0 Å². The molecule has 2 rings (SSSR count). The van der Waals surface area contributed by atoms with Crippen LogP contribution in [0, 0.1) is 5.92 Å². The normalized spacial score (nSPS) is 17.4. The van der Waals surface area contributed by atoms with Crippen molar-refractivity contribution in [3.63, 3.8) is 0 Å². The number of benzene rings is 1. The monoisotopic (exact) mass is 274 g/mol. The first-order valence-electron chi connectivity index (χ1n) is 6.87. The highest BCUT2D eigenvalue weighted by Gasteiger charge is 2.29. The summed E-state index contributed by atoms with van der Waals surface area (Å²) in [6.07, 6.45) is 4.53. The van der Waals surface area contributed by atoms with Gasteiger partial charge in [0, 0.05) is 0 Å². The van der Waals surface area contributed by atoms with E-state index in [4.69, 9.17) is 0 Å². The van der Waals surface area contributed by atoms with E-state index in [0.29, 0.717) is 5.56 Å². The standard InChI is InChI=1S/C16H18O4/c17-15(18)13(11-7-3-1-4-8-11)14(16(19)20)12-9-5-2-6-10-12/h1,3-4,7-8,12H,2,5-6,9-10H2,(H,17,18)(H,19,20)/b14-13+. The minimum Gasteiger partial charge on any atom is -0.478 e. The Labute approximate surface area is 117 Å². The molecule has 106 valence electrons. The SMILES string of the molecule is O=C(O)/C(=C(/C(=O)O)C1CCCCC1)c1ccccc1. The van der Waals surface area contributed by atoms with Gasteiger partial charge in [-0.15, -0.1) is 0 Å². The van der Waals surface area contributed by atoms with Crippen LogP contribution in [0.3, 0.4) is 0 Å². The first-order chi connectivity index (χ1) is 9.61. The van der Waals surface area contributed by atoms with Crippen molar-refractivity contribution in [2.75, 3.05) is 0 Å². The summed E-state index contributed by atoms with van der Waals surface area (Å²) in [4.78, 5) is 23.2. The molecule has 1 aromatic rings. The van der Waals surface area contributed by atoms with Crippen LogP contribution in [0.25, 0.3) is 5.57 Å². The van der Waals surface area contributed by atoms with Gasteiger partial charge in [0.05, 0.1) is 11.1 Å². The molecule has 0 spiro atoms. The smallest absolute Gasteiger partial charge is 0.336 e. The van der Waals surface area contributed by atoms with E-state index in [0.717, 1.165) is 32.1 Å². The van der Waals surface area contributed by atoms with Crippen molar-refractivity contribution in [2.24, 2.45) is 5.92 Å². The van der Waals surface area contributed by atoms with Crippen molar-refractivity contribution >= 4 is 17.5 Å². The Balaban J connectivity index is 2.53. The summed E-state index contributed by atoms with van der Waals surface area (Å²) < 4.78 is 0. The van der Waals surface area contributed by atoms with Gasteiger partial charge in [0.25, 0.3) is 0 Å². The zero-order valence-electron chi connectivity index (χ0n) is 11.2. The number of carboxylic acid groups (broad SMARTS) is 2. The fraction of sp³-hybridized carbons (Fsp3) is 0.375. The average molecular weight is 274 g/mol. The van der Waals surface area contributed by atoms with E-state index in [2.05, 4.69) is 0 Å². The molecule has 2 N–H and O–H groups in total. The number of hydrogen-bond donors (Lipinski definition) is 2. The van der Waals surface area contributed by atoms with E-state index in [1.54, 1.807) is 30.3 Å². The van der Waals surface area contributed by atoms with Gasteiger partial charge in [-0.1, -0.05) is 49.6 Å². The summed E-state index contributed by atoms with van der Waals surface area (Å²) in [7, 11) is 0. The quantitative estimate of drug-likeness (QED) is 0.827. The van der Waals surface area contributed by atoms with E-state index < -0.39 is 11.9 Å². The Morgan fingerprint density at radius 1 is 0.900 bits per heavy atom. The second-order valence-electron chi connectivity index (χ2n) is 5.10. The predicted molar refractivity (Wildman–Crippen MR) is 75.2 cm³/mol. The van der Waals surface area contributed by atoms with Gasteiger partial charge in [-0.2, -0.15) is 0 Å². The number of aliphatic carboxylic acids is 2. The van der Waals surface area contributed by atoms with Crippen molar-refractivity contribution in [3.8, 4) is 0 Å². The first kappa shape index (κ1) is 14.3. The maximum absolute atomic E-state index is 11.6. The van der Waals surface area contributed by atoms with E-state index in [1.165, 1.54) is 0 Å². The molecule has 0 unspecified atom stereocenters. The molecule has 1 aliphatic rings. The summed E-state index contributed by atoms with van der Waals surface area (Å²) >= 11 is 0. The Kier molecular flexibility index (Phi) is 4.56. The van der Waals surface area contributed by atoms with Crippen molar-refractivity contribution < 1.29 is 19.8 Å². The van der Waals surface area contributed by atoms with E-state index in [-0.39, 0.29) is 17.1 Å². The Bertz CT molecular complexity index is 525. The summed E-state index contributed by atoms with van der Waals surface area (Å²) in [6, 6.07) is 8.52. The summed E-state index contributed by atoms with van der Waals surface area (Å²) in [5, 5.41) is 18.9. The molecule has 1 aliphatic carbocycles. The Hall–Kier alpha value is -2.10. The van der Waals surface area contributed by atoms with Gasteiger partial charge < -0.3 is 10.2 Å². The third-order valence-electron chi connectivity index (χ3n) is 3.79. The highest BCUT2D eigenvalue weighted by molar-refractivity contribution is 6.21. The van der Waals surface area contributed by atoms with E-state index >= 15 is 0 Å². The molecule has 20 heavy (non-hydrogen) atoms. The van der Waals surface area contributed by atoms with Crippen LogP contribution < -0.4 is 0 Å². The van der Waals surface area contributed by atoms with Gasteiger partial charge in [-0.25, -0.2) is 9.59 Å². The molecule has 4 heteroatoms. The largest absolute Gasteiger partial charge is 0.478 e. The lowest BCUT2D eigenvalue weighted by molar-refractivity contribution is -0.135. The fourth-order valence-corrected chi connectivity index (χ4v) is 2.88. The van der Waals surface area contributed by atoms with Crippen LogP contribution in [-0.4, -0.2) is 22.2 Å². The van der Waals surface area contributed by atoms with E-state index in [1.807, 2.05) is 0 Å². The summed E-state index contributed by atoms with van der Waals surface area (Å²) in [5.41, 5.74) is 0.455. The summed E-state index contributed by atoms with van der Waals surface area (Å²) in [6.45, 7) is 0. The molecule has 0 aliphatic heterocycles. The maximum atomic E-state index is 11.6. The second kappa shape index (κ2) is 6.37. The first-order valence-corrected chi connectivity index (χ1v) is 6.87. The summed E-state index contributed by atoms with van der Waals surface area (Å²) in [5.74, 6) is -2.44. The van der Waals surface area contributed by atoms with Gasteiger partial charge in [0.2, 0.25) is 0 Å². The zero-order valence-corrected chi connectivity index (χ0v) is 11.2. The minimum absolute atomic E-state index is 0.0587. The lowest BCUT2D eigenvalue weighted by Crippen LogP contribution is -2.20. The second-order valence-corrected chi connectivity index (χ2v) is 5.10. The molecule has 0 amide bonds. The van der Waals surface area contributed by atoms with Crippen LogP contribution >= 0.6 is 0 Å². The van der Waals surface area contributed by atoms with Gasteiger partial charge in [0.1, 0.15) is 0 Å². The van der Waals surface area contributed by atoms with Crippen molar-refractivity contribution in [1.29, 1.82) is 0 Å². The van der Waals surface area contributed by atoms with Crippen LogP contribution in [0.1, 0.15) is 37.7 Å². The van der Waals surface area contributed by atoms with Crippen molar-refractivity contribution in [3.05, 3.63) is 41.5 Å². The highest BCUT2D eigenvalue weighted by atomic mass is 16.4. The predicted octanol–water partition coefficient (Wildman–Crippen LogP) is 3.19. The molecular weight excluding hydrogens is 256 g/mol. The molecule has 0 radical (unpaired) electrons. The molecule has 0 atom stereocenters. The fourth-order valence-electron chi connectivity index (χ4n) is 2.88. The number of hydrogen-bond acceptors (Lipinski definition) is 2. The van der Waals surface area contributed by atoms with E-state index in [9.17, 15) is 19.8 Å². The molecular formula is C16H18O4. The van der Waals surface area contributed by atoms with Gasteiger partial charge in [0.15, 0.2) is 0 Å². The van der Waals surface area contributed by atoms with Crippen LogP contribution in [0.5, 0.6) is 0 Å². The maximum Gasteiger partial charge on any atom is 0.336 e. The molecule has 4 nitrogen and oxygen atoms in total. The Morgan fingerprint density at radius 2 is 1.50 bits per heavy atom. The lowest BCUT2D eigenvalue weighted by Gasteiger charge is -2.24. The lowest BCUT2D eigenvalue weighted by atomic mass is 9.80.